The van der Waals surface area contributed by atoms with Gasteiger partial charge in [0, 0.05) is 6.54 Å². The standard InChI is InChI=1S/C15H16FNO3S/c1-11-5-6-14(16)15(7-11)21(19,20)17-9-12-3-2-4-13(8-12)10-18/h2-8,17-18H,9-10H2,1H3. The van der Waals surface area contributed by atoms with Gasteiger partial charge in [0.25, 0.3) is 0 Å². The van der Waals surface area contributed by atoms with Crippen LogP contribution < -0.4 is 4.72 Å². The van der Waals surface area contributed by atoms with Crippen LogP contribution in [-0.4, -0.2) is 13.5 Å². The number of hydrogen-bond acceptors (Lipinski definition) is 3. The fraction of sp³-hybridized carbons (Fsp3) is 0.200. The van der Waals surface area contributed by atoms with E-state index in [4.69, 9.17) is 5.11 Å². The third kappa shape index (κ3) is 3.87. The zero-order chi connectivity index (χ0) is 15.5. The molecule has 0 heterocycles. The minimum absolute atomic E-state index is 0.0313. The second-order valence-electron chi connectivity index (χ2n) is 4.74. The van der Waals surface area contributed by atoms with Crippen LogP contribution in [0.5, 0.6) is 0 Å². The number of aliphatic hydroxyl groups excluding tert-OH is 1. The molecule has 0 bridgehead atoms. The molecule has 0 amide bonds. The fourth-order valence-corrected chi connectivity index (χ4v) is 3.09. The lowest BCUT2D eigenvalue weighted by atomic mass is 10.1. The van der Waals surface area contributed by atoms with Gasteiger partial charge in [-0.3, -0.25) is 0 Å². The van der Waals surface area contributed by atoms with Crippen LogP contribution in [0.4, 0.5) is 4.39 Å². The summed E-state index contributed by atoms with van der Waals surface area (Å²) in [5.74, 6) is -0.780. The van der Waals surface area contributed by atoms with Crippen molar-refractivity contribution in [2.45, 2.75) is 25.0 Å². The Hall–Kier alpha value is -1.76. The van der Waals surface area contributed by atoms with E-state index < -0.39 is 15.8 Å². The molecule has 2 N–H and O–H groups in total. The van der Waals surface area contributed by atoms with E-state index in [9.17, 15) is 12.8 Å². The van der Waals surface area contributed by atoms with E-state index in [1.54, 1.807) is 31.2 Å². The van der Waals surface area contributed by atoms with Crippen LogP contribution in [-0.2, 0) is 23.2 Å². The van der Waals surface area contributed by atoms with Gasteiger partial charge in [-0.2, -0.15) is 0 Å². The number of rotatable bonds is 5. The quantitative estimate of drug-likeness (QED) is 0.889. The summed E-state index contributed by atoms with van der Waals surface area (Å²) >= 11 is 0. The lowest BCUT2D eigenvalue weighted by Gasteiger charge is -2.09. The maximum absolute atomic E-state index is 13.7. The average Bonchev–Trinajstić information content (AvgIpc) is 2.48. The van der Waals surface area contributed by atoms with E-state index in [0.29, 0.717) is 16.7 Å². The highest BCUT2D eigenvalue weighted by atomic mass is 32.2. The Labute approximate surface area is 123 Å². The summed E-state index contributed by atoms with van der Waals surface area (Å²) in [6.45, 7) is 1.61. The summed E-state index contributed by atoms with van der Waals surface area (Å²) in [6, 6.07) is 10.8. The molecule has 0 aliphatic rings. The third-order valence-electron chi connectivity index (χ3n) is 3.02. The molecule has 0 aliphatic heterocycles. The highest BCUT2D eigenvalue weighted by molar-refractivity contribution is 7.89. The second-order valence-corrected chi connectivity index (χ2v) is 6.47. The molecule has 6 heteroatoms. The Morgan fingerprint density at radius 1 is 1.14 bits per heavy atom. The lowest BCUT2D eigenvalue weighted by molar-refractivity contribution is 0.281. The van der Waals surface area contributed by atoms with Crippen molar-refractivity contribution in [3.63, 3.8) is 0 Å². The molecule has 112 valence electrons. The molecule has 0 aromatic heterocycles. The second kappa shape index (κ2) is 6.34. The Morgan fingerprint density at radius 2 is 1.86 bits per heavy atom. The van der Waals surface area contributed by atoms with Gasteiger partial charge in [0.05, 0.1) is 6.61 Å². The summed E-state index contributed by atoms with van der Waals surface area (Å²) in [7, 11) is -3.92. The number of halogens is 1. The fourth-order valence-electron chi connectivity index (χ4n) is 1.91. The normalized spacial score (nSPS) is 11.6. The Kier molecular flexibility index (Phi) is 4.72. The molecular weight excluding hydrogens is 293 g/mol. The molecule has 0 atom stereocenters. The lowest BCUT2D eigenvalue weighted by Crippen LogP contribution is -2.24. The molecule has 0 saturated heterocycles. The van der Waals surface area contributed by atoms with Gasteiger partial charge >= 0.3 is 0 Å². The third-order valence-corrected chi connectivity index (χ3v) is 4.43. The minimum atomic E-state index is -3.92. The number of benzene rings is 2. The van der Waals surface area contributed by atoms with E-state index in [-0.39, 0.29) is 18.0 Å². The number of hydrogen-bond donors (Lipinski definition) is 2. The van der Waals surface area contributed by atoms with Gasteiger partial charge in [-0.1, -0.05) is 30.3 Å². The van der Waals surface area contributed by atoms with Gasteiger partial charge in [-0.15, -0.1) is 0 Å². The molecule has 2 rings (SSSR count). The molecule has 0 unspecified atom stereocenters. The number of nitrogens with one attached hydrogen (secondary N) is 1. The first-order chi connectivity index (χ1) is 9.92. The topological polar surface area (TPSA) is 66.4 Å². The summed E-state index contributed by atoms with van der Waals surface area (Å²) in [5.41, 5.74) is 2.05. The Bertz CT molecular complexity index is 744. The monoisotopic (exact) mass is 309 g/mol. The molecule has 0 aliphatic carbocycles. The highest BCUT2D eigenvalue weighted by Gasteiger charge is 2.18. The predicted molar refractivity (Wildman–Crippen MR) is 77.5 cm³/mol. The number of sulfonamides is 1. The predicted octanol–water partition coefficient (Wildman–Crippen LogP) is 2.10. The van der Waals surface area contributed by atoms with Crippen molar-refractivity contribution < 1.29 is 17.9 Å². The average molecular weight is 309 g/mol. The van der Waals surface area contributed by atoms with Gasteiger partial charge < -0.3 is 5.11 Å². The van der Waals surface area contributed by atoms with Gasteiger partial charge in [-0.25, -0.2) is 17.5 Å². The molecule has 0 radical (unpaired) electrons. The van der Waals surface area contributed by atoms with Gasteiger partial charge in [0.1, 0.15) is 10.7 Å². The Morgan fingerprint density at radius 3 is 2.57 bits per heavy atom. The van der Waals surface area contributed by atoms with Crippen LogP contribution in [0.3, 0.4) is 0 Å². The first-order valence-electron chi connectivity index (χ1n) is 6.37. The molecule has 0 saturated carbocycles. The van der Waals surface area contributed by atoms with E-state index in [1.807, 2.05) is 0 Å². The van der Waals surface area contributed by atoms with Crippen LogP contribution >= 0.6 is 0 Å². The number of aryl methyl sites for hydroxylation is 1. The minimum Gasteiger partial charge on any atom is -0.392 e. The van der Waals surface area contributed by atoms with Crippen molar-refractivity contribution >= 4 is 10.0 Å². The van der Waals surface area contributed by atoms with Crippen LogP contribution in [0.15, 0.2) is 47.4 Å². The first-order valence-corrected chi connectivity index (χ1v) is 7.85. The van der Waals surface area contributed by atoms with E-state index in [0.717, 1.165) is 6.07 Å². The molecule has 4 nitrogen and oxygen atoms in total. The summed E-state index contributed by atoms with van der Waals surface area (Å²) in [6.07, 6.45) is 0. The van der Waals surface area contributed by atoms with E-state index >= 15 is 0 Å². The van der Waals surface area contributed by atoms with Crippen molar-refractivity contribution in [2.24, 2.45) is 0 Å². The van der Waals surface area contributed by atoms with Crippen molar-refractivity contribution in [1.82, 2.24) is 4.72 Å². The SMILES string of the molecule is Cc1ccc(F)c(S(=O)(=O)NCc2cccc(CO)c2)c1. The van der Waals surface area contributed by atoms with Crippen LogP contribution in [0.1, 0.15) is 16.7 Å². The van der Waals surface area contributed by atoms with Crippen LogP contribution in [0.2, 0.25) is 0 Å². The van der Waals surface area contributed by atoms with E-state index in [2.05, 4.69) is 4.72 Å². The zero-order valence-electron chi connectivity index (χ0n) is 11.5. The molecule has 21 heavy (non-hydrogen) atoms. The van der Waals surface area contributed by atoms with E-state index in [1.165, 1.54) is 12.1 Å². The highest BCUT2D eigenvalue weighted by Crippen LogP contribution is 2.16. The van der Waals surface area contributed by atoms with Gasteiger partial charge in [0.15, 0.2) is 0 Å². The largest absolute Gasteiger partial charge is 0.392 e. The maximum atomic E-state index is 13.7. The van der Waals surface area contributed by atoms with Crippen LogP contribution in [0.25, 0.3) is 0 Å². The zero-order valence-corrected chi connectivity index (χ0v) is 12.3. The van der Waals surface area contributed by atoms with Gasteiger partial charge in [-0.05, 0) is 35.7 Å². The molecule has 2 aromatic rings. The van der Waals surface area contributed by atoms with Crippen molar-refractivity contribution in [2.75, 3.05) is 0 Å². The molecule has 2 aromatic carbocycles. The first kappa shape index (κ1) is 15.6. The molecular formula is C15H16FNO3S. The molecule has 0 fully saturated rings. The summed E-state index contributed by atoms with van der Waals surface area (Å²) in [4.78, 5) is -0.360. The summed E-state index contributed by atoms with van der Waals surface area (Å²) in [5, 5.41) is 9.05. The van der Waals surface area contributed by atoms with Crippen molar-refractivity contribution in [1.29, 1.82) is 0 Å². The number of aliphatic hydroxyl groups is 1. The van der Waals surface area contributed by atoms with Gasteiger partial charge in [0.2, 0.25) is 10.0 Å². The maximum Gasteiger partial charge on any atom is 0.243 e. The summed E-state index contributed by atoms with van der Waals surface area (Å²) < 4.78 is 40.3. The van der Waals surface area contributed by atoms with Crippen LogP contribution in [0, 0.1) is 12.7 Å². The van der Waals surface area contributed by atoms with Crippen molar-refractivity contribution in [3.8, 4) is 0 Å². The Balaban J connectivity index is 2.19. The van der Waals surface area contributed by atoms with Crippen molar-refractivity contribution in [3.05, 3.63) is 65.0 Å². The molecule has 0 spiro atoms. The smallest absolute Gasteiger partial charge is 0.243 e.